The molecule has 8 atom stereocenters. The van der Waals surface area contributed by atoms with Crippen molar-refractivity contribution in [1.82, 2.24) is 31.5 Å². The second-order valence-corrected chi connectivity index (χ2v) is 19.9. The molecule has 492 valence electrons. The highest BCUT2D eigenvalue weighted by atomic mass is 16.7. The third-order valence-corrected chi connectivity index (χ3v) is 12.3. The molecule has 0 aliphatic carbocycles. The quantitative estimate of drug-likeness (QED) is 0.0219. The number of nitrogens with one attached hydrogen (secondary N) is 5. The highest BCUT2D eigenvalue weighted by Gasteiger charge is 2.48. The molecule has 3 aromatic rings. The molecule has 0 saturated heterocycles. The van der Waals surface area contributed by atoms with Crippen LogP contribution in [-0.2, 0) is 114 Å². The van der Waals surface area contributed by atoms with Crippen molar-refractivity contribution < 1.29 is 119 Å². The molecule has 0 spiro atoms. The van der Waals surface area contributed by atoms with Crippen LogP contribution in [0.15, 0.2) is 54.6 Å². The zero-order valence-corrected chi connectivity index (χ0v) is 51.5. The summed E-state index contributed by atoms with van der Waals surface area (Å²) in [6.45, 7) is 7.03. The first-order valence-corrected chi connectivity index (χ1v) is 28.1. The van der Waals surface area contributed by atoms with E-state index in [1.165, 1.54) is 0 Å². The lowest BCUT2D eigenvalue weighted by atomic mass is 10.0. The number of hydrogen-bond acceptors (Lipinski definition) is 26. The van der Waals surface area contributed by atoms with E-state index in [-0.39, 0.29) is 65.2 Å². The molecule has 0 saturated carbocycles. The van der Waals surface area contributed by atoms with Crippen molar-refractivity contribution >= 4 is 111 Å². The highest BCUT2D eigenvalue weighted by Crippen LogP contribution is 2.25. The molecule has 0 fully saturated rings. The number of hydrogen-bond donors (Lipinski definition) is 5. The van der Waals surface area contributed by atoms with Gasteiger partial charge in [-0.05, 0) is 45.8 Å². The van der Waals surface area contributed by atoms with Crippen LogP contribution in [0.4, 0.5) is 0 Å². The van der Waals surface area contributed by atoms with Crippen molar-refractivity contribution in [3.05, 3.63) is 60.2 Å². The van der Waals surface area contributed by atoms with Gasteiger partial charge in [0.05, 0.1) is 0 Å². The van der Waals surface area contributed by atoms with Gasteiger partial charge in [-0.1, -0.05) is 30.3 Å². The Labute approximate surface area is 516 Å². The second-order valence-electron chi connectivity index (χ2n) is 19.9. The molecule has 5 N–H and O–H groups in total. The van der Waals surface area contributed by atoms with Gasteiger partial charge in [0.2, 0.25) is 24.0 Å². The van der Waals surface area contributed by atoms with Gasteiger partial charge in [-0.3, -0.25) is 71.9 Å². The summed E-state index contributed by atoms with van der Waals surface area (Å²) in [6, 6.07) is 17.0. The lowest BCUT2D eigenvalue weighted by molar-refractivity contribution is -0.203. The number of esters is 10. The van der Waals surface area contributed by atoms with E-state index in [9.17, 15) is 71.9 Å². The van der Waals surface area contributed by atoms with E-state index in [2.05, 4.69) is 26.6 Å². The smallest absolute Gasteiger partial charge is 0.303 e. The SMILES string of the molecule is CC(=O)OCC(OC(C)=O)C(OC(C)=O)C(OC(C)=O)C(OC(C)=O)C(=O)NCCNC(=O)CCN(CCNC(=O)c1ccc2cc3ccccc3cc2c1)CCC(=O)NCCNC(=O)C(OC(C)=O)C(OC(C)=O)C(OC(C)=O)C(COC(C)=O)OC(C)=O. The molecule has 0 radical (unpaired) electrons. The summed E-state index contributed by atoms with van der Waals surface area (Å²) in [5.41, 5.74) is 0.369. The van der Waals surface area contributed by atoms with Crippen molar-refractivity contribution in [2.24, 2.45) is 0 Å². The summed E-state index contributed by atoms with van der Waals surface area (Å²) in [7, 11) is 0. The average Bonchev–Trinajstić information content (AvgIpc) is 0.907. The van der Waals surface area contributed by atoms with E-state index in [1.807, 2.05) is 42.5 Å². The number of nitrogens with zero attached hydrogens (tertiary/aromatic N) is 1. The fourth-order valence-corrected chi connectivity index (χ4v) is 8.71. The van der Waals surface area contributed by atoms with Gasteiger partial charge in [0.25, 0.3) is 17.7 Å². The van der Waals surface area contributed by atoms with Gasteiger partial charge in [-0.2, -0.15) is 0 Å². The average molecular weight is 1270 g/mol. The minimum Gasteiger partial charge on any atom is -0.462 e. The number of amides is 5. The zero-order valence-electron chi connectivity index (χ0n) is 51.5. The van der Waals surface area contributed by atoms with Crippen LogP contribution in [0.2, 0.25) is 0 Å². The number of ether oxygens (including phenoxy) is 10. The molecular weight excluding hydrogens is 1190 g/mol. The van der Waals surface area contributed by atoms with E-state index < -0.39 is 151 Å². The van der Waals surface area contributed by atoms with Crippen LogP contribution in [0.3, 0.4) is 0 Å². The van der Waals surface area contributed by atoms with Crippen molar-refractivity contribution in [3.8, 4) is 0 Å². The van der Waals surface area contributed by atoms with Gasteiger partial charge in [0, 0.05) is 140 Å². The van der Waals surface area contributed by atoms with E-state index >= 15 is 0 Å². The number of rotatable bonds is 36. The van der Waals surface area contributed by atoms with Crippen LogP contribution < -0.4 is 26.6 Å². The van der Waals surface area contributed by atoms with Gasteiger partial charge in [0.1, 0.15) is 13.2 Å². The molecule has 31 nitrogen and oxygen atoms in total. The van der Waals surface area contributed by atoms with E-state index in [4.69, 9.17) is 47.4 Å². The fourth-order valence-electron chi connectivity index (χ4n) is 8.71. The topological polar surface area (TPSA) is 412 Å². The number of benzene rings is 3. The summed E-state index contributed by atoms with van der Waals surface area (Å²) in [4.78, 5) is 191. The minimum atomic E-state index is -2.08. The maximum absolute atomic E-state index is 13.7. The molecule has 8 unspecified atom stereocenters. The van der Waals surface area contributed by atoms with Crippen molar-refractivity contribution in [3.63, 3.8) is 0 Å². The van der Waals surface area contributed by atoms with Gasteiger partial charge >= 0.3 is 59.7 Å². The van der Waals surface area contributed by atoms with E-state index in [0.717, 1.165) is 90.8 Å². The second kappa shape index (κ2) is 37.8. The highest BCUT2D eigenvalue weighted by molar-refractivity contribution is 6.03. The molecule has 3 rings (SSSR count). The van der Waals surface area contributed by atoms with Crippen molar-refractivity contribution in [2.75, 3.05) is 65.6 Å². The van der Waals surface area contributed by atoms with Gasteiger partial charge in [-0.25, -0.2) is 0 Å². The Kier molecular flexibility index (Phi) is 31.3. The Hall–Kier alpha value is -9.81. The maximum atomic E-state index is 13.7. The predicted octanol–water partition coefficient (Wildman–Crippen LogP) is -0.150. The molecule has 3 aromatic carbocycles. The first kappa shape index (κ1) is 74.4. The van der Waals surface area contributed by atoms with Crippen molar-refractivity contribution in [2.45, 2.75) is 131 Å². The van der Waals surface area contributed by atoms with Gasteiger partial charge in [0.15, 0.2) is 36.6 Å². The molecule has 0 aliphatic heterocycles. The summed E-state index contributed by atoms with van der Waals surface area (Å²) in [6.07, 6.45) is -15.7. The van der Waals surface area contributed by atoms with Crippen LogP contribution in [0.5, 0.6) is 0 Å². The Morgan fingerprint density at radius 1 is 0.356 bits per heavy atom. The molecule has 5 amide bonds. The Morgan fingerprint density at radius 3 is 1.09 bits per heavy atom. The van der Waals surface area contributed by atoms with Crippen LogP contribution in [0.1, 0.15) is 92.4 Å². The molecule has 0 aliphatic rings. The van der Waals surface area contributed by atoms with Crippen LogP contribution in [-0.4, -0.2) is 209 Å². The van der Waals surface area contributed by atoms with Crippen molar-refractivity contribution in [1.29, 1.82) is 0 Å². The Morgan fingerprint density at radius 2 is 0.711 bits per heavy atom. The maximum Gasteiger partial charge on any atom is 0.303 e. The summed E-state index contributed by atoms with van der Waals surface area (Å²) < 4.78 is 52.1. The van der Waals surface area contributed by atoms with E-state index in [0.29, 0.717) is 5.56 Å². The fraction of sp³-hybridized carbons (Fsp3) is 0.508. The molecule has 0 aromatic heterocycles. The molecule has 31 heteroatoms. The molecule has 0 heterocycles. The lowest BCUT2D eigenvalue weighted by Gasteiger charge is -2.34. The lowest BCUT2D eigenvalue weighted by Crippen LogP contribution is -2.57. The van der Waals surface area contributed by atoms with Gasteiger partial charge < -0.3 is 78.9 Å². The normalized spacial score (nSPS) is 13.5. The third kappa shape index (κ3) is 27.5. The largest absolute Gasteiger partial charge is 0.462 e. The molecule has 90 heavy (non-hydrogen) atoms. The van der Waals surface area contributed by atoms with E-state index in [1.54, 1.807) is 17.0 Å². The number of carbonyl (C=O) groups excluding carboxylic acids is 15. The Balaban J connectivity index is 1.77. The number of fused-ring (bicyclic) bond motifs is 2. The Bertz CT molecular complexity index is 2960. The minimum absolute atomic E-state index is 0.00197. The zero-order chi connectivity index (χ0) is 67.2. The third-order valence-electron chi connectivity index (χ3n) is 12.3. The predicted molar refractivity (Wildman–Crippen MR) is 309 cm³/mol. The van der Waals surface area contributed by atoms with Crippen LogP contribution in [0, 0.1) is 0 Å². The summed E-state index contributed by atoms with van der Waals surface area (Å²) in [5, 5.41) is 16.7. The number of carbonyl (C=O) groups is 15. The van der Waals surface area contributed by atoms with Crippen LogP contribution in [0.25, 0.3) is 21.5 Å². The first-order chi connectivity index (χ1) is 42.4. The first-order valence-electron chi connectivity index (χ1n) is 28.1. The molecular formula is C59H76N6O25. The molecule has 0 bridgehead atoms. The summed E-state index contributed by atoms with van der Waals surface area (Å²) in [5.74, 6) is -13.7. The van der Waals surface area contributed by atoms with Gasteiger partial charge in [-0.15, -0.1) is 0 Å². The standard InChI is InChI=1S/C59H76N6O25/c1-32(66)81-30-47(83-34(3)68)51(85-36(5)70)53(87-38(7)72)55(89-40(9)74)58(79)62-21-19-60-49(76)17-24-65(26-23-64-57(78)45-16-15-44-27-42-13-11-12-14-43(42)28-46(44)29-45)25-18-50(77)61-20-22-63-59(80)56(90-41(10)75)54(88-39(8)73)52(86-37(6)71)48(84-35(4)69)31-82-33(2)67/h11-16,27-29,47-48,51-56H,17-26,30-31H2,1-10H3,(H,60,76)(H,61,77)(H,62,79)(H,63,80)(H,64,78). The summed E-state index contributed by atoms with van der Waals surface area (Å²) >= 11 is 0. The van der Waals surface area contributed by atoms with Crippen LogP contribution >= 0.6 is 0 Å². The monoisotopic (exact) mass is 1270 g/mol.